The molecule has 0 atom stereocenters. The van der Waals surface area contributed by atoms with Crippen LogP contribution in [0.15, 0.2) is 18.2 Å². The number of fused-ring (bicyclic) bond motifs is 1. The molecule has 15 heavy (non-hydrogen) atoms. The summed E-state index contributed by atoms with van der Waals surface area (Å²) in [4.78, 5) is 10.6. The summed E-state index contributed by atoms with van der Waals surface area (Å²) < 4.78 is 5.45. The molecule has 0 aliphatic heterocycles. The van der Waals surface area contributed by atoms with Gasteiger partial charge in [-0.3, -0.25) is 9.89 Å². The van der Waals surface area contributed by atoms with E-state index in [0.29, 0.717) is 18.1 Å². The summed E-state index contributed by atoms with van der Waals surface area (Å²) in [5.74, 6) is 0.565. The lowest BCUT2D eigenvalue weighted by Crippen LogP contribution is -1.95. The van der Waals surface area contributed by atoms with Gasteiger partial charge >= 0.3 is 0 Å². The van der Waals surface area contributed by atoms with Gasteiger partial charge in [0.2, 0.25) is 5.88 Å². The molecule has 1 heterocycles. The molecule has 0 unspecified atom stereocenters. The third-order valence-electron chi connectivity index (χ3n) is 2.13. The highest BCUT2D eigenvalue weighted by molar-refractivity contribution is 5.89. The lowest BCUT2D eigenvalue weighted by molar-refractivity contribution is 0.112. The Balaban J connectivity index is 2.42. The third-order valence-corrected chi connectivity index (χ3v) is 2.13. The standard InChI is InChI=1S/C11H12N2O2/c1-2-5-15-11-9-6-8(7-14)3-4-10(9)12-13-11/h3-4,6-7H,2,5H2,1H3,(H,12,13). The molecule has 0 radical (unpaired) electrons. The maximum absolute atomic E-state index is 10.6. The van der Waals surface area contributed by atoms with E-state index in [0.717, 1.165) is 23.6 Å². The smallest absolute Gasteiger partial charge is 0.240 e. The number of hydrogen-bond donors (Lipinski definition) is 1. The van der Waals surface area contributed by atoms with Gasteiger partial charge < -0.3 is 4.74 Å². The van der Waals surface area contributed by atoms with Crippen molar-refractivity contribution in [3.8, 4) is 5.88 Å². The largest absolute Gasteiger partial charge is 0.476 e. The van der Waals surface area contributed by atoms with Gasteiger partial charge in [-0.15, -0.1) is 5.10 Å². The minimum absolute atomic E-state index is 0.565. The summed E-state index contributed by atoms with van der Waals surface area (Å²) in [6, 6.07) is 5.35. The molecular weight excluding hydrogens is 192 g/mol. The third kappa shape index (κ3) is 1.83. The number of carbonyl (C=O) groups excluding carboxylic acids is 1. The summed E-state index contributed by atoms with van der Waals surface area (Å²) in [5.41, 5.74) is 1.51. The number of H-pyrrole nitrogens is 1. The second-order valence-corrected chi connectivity index (χ2v) is 3.30. The monoisotopic (exact) mass is 204 g/mol. The van der Waals surface area contributed by atoms with Crippen LogP contribution in [0, 0.1) is 0 Å². The van der Waals surface area contributed by atoms with Crippen LogP contribution in [0.5, 0.6) is 5.88 Å². The van der Waals surface area contributed by atoms with Crippen LogP contribution in [0.2, 0.25) is 0 Å². The van der Waals surface area contributed by atoms with E-state index in [2.05, 4.69) is 10.2 Å². The molecular formula is C11H12N2O2. The zero-order valence-electron chi connectivity index (χ0n) is 8.49. The lowest BCUT2D eigenvalue weighted by Gasteiger charge is -1.99. The summed E-state index contributed by atoms with van der Waals surface area (Å²) in [6.07, 6.45) is 1.75. The Labute approximate surface area is 87.2 Å². The summed E-state index contributed by atoms with van der Waals surface area (Å²) >= 11 is 0. The van der Waals surface area contributed by atoms with Crippen molar-refractivity contribution < 1.29 is 9.53 Å². The first kappa shape index (κ1) is 9.71. The van der Waals surface area contributed by atoms with Crippen molar-refractivity contribution in [2.75, 3.05) is 6.61 Å². The Hall–Kier alpha value is -1.84. The fourth-order valence-electron chi connectivity index (χ4n) is 1.39. The molecule has 0 bridgehead atoms. The molecule has 4 nitrogen and oxygen atoms in total. The van der Waals surface area contributed by atoms with E-state index in [-0.39, 0.29) is 0 Å². The van der Waals surface area contributed by atoms with Gasteiger partial charge in [0.25, 0.3) is 0 Å². The summed E-state index contributed by atoms with van der Waals surface area (Å²) in [5, 5.41) is 7.76. The predicted molar refractivity (Wildman–Crippen MR) is 57.3 cm³/mol. The molecule has 1 N–H and O–H groups in total. The van der Waals surface area contributed by atoms with E-state index < -0.39 is 0 Å². The van der Waals surface area contributed by atoms with E-state index in [9.17, 15) is 4.79 Å². The minimum atomic E-state index is 0.565. The topological polar surface area (TPSA) is 55.0 Å². The zero-order chi connectivity index (χ0) is 10.7. The molecule has 4 heteroatoms. The van der Waals surface area contributed by atoms with Gasteiger partial charge in [0.05, 0.1) is 17.5 Å². The Morgan fingerprint density at radius 1 is 1.53 bits per heavy atom. The molecule has 0 aliphatic rings. The zero-order valence-corrected chi connectivity index (χ0v) is 8.49. The van der Waals surface area contributed by atoms with Crippen LogP contribution in [-0.4, -0.2) is 23.1 Å². The molecule has 0 saturated heterocycles. The van der Waals surface area contributed by atoms with Gasteiger partial charge in [-0.2, -0.15) is 0 Å². The van der Waals surface area contributed by atoms with E-state index in [1.807, 2.05) is 13.0 Å². The van der Waals surface area contributed by atoms with Gasteiger partial charge in [0, 0.05) is 5.56 Å². The normalized spacial score (nSPS) is 10.5. The number of benzene rings is 1. The Morgan fingerprint density at radius 2 is 2.40 bits per heavy atom. The lowest BCUT2D eigenvalue weighted by atomic mass is 10.2. The van der Waals surface area contributed by atoms with Crippen molar-refractivity contribution in [2.24, 2.45) is 0 Å². The number of aromatic amines is 1. The first-order valence-electron chi connectivity index (χ1n) is 4.91. The number of aldehydes is 1. The molecule has 1 aromatic heterocycles. The molecule has 1 aromatic carbocycles. The molecule has 2 rings (SSSR count). The van der Waals surface area contributed by atoms with Crippen molar-refractivity contribution in [1.82, 2.24) is 10.2 Å². The number of nitrogens with one attached hydrogen (secondary N) is 1. The molecule has 0 saturated carbocycles. The number of carbonyl (C=O) groups is 1. The first-order chi connectivity index (χ1) is 7.35. The maximum atomic E-state index is 10.6. The van der Waals surface area contributed by atoms with Crippen LogP contribution >= 0.6 is 0 Å². The molecule has 0 spiro atoms. The van der Waals surface area contributed by atoms with Crippen molar-refractivity contribution in [3.05, 3.63) is 23.8 Å². The van der Waals surface area contributed by atoms with Gasteiger partial charge in [-0.1, -0.05) is 6.92 Å². The fraction of sp³-hybridized carbons (Fsp3) is 0.273. The van der Waals surface area contributed by atoms with E-state index in [4.69, 9.17) is 4.74 Å². The van der Waals surface area contributed by atoms with Gasteiger partial charge in [-0.05, 0) is 24.6 Å². The minimum Gasteiger partial charge on any atom is -0.476 e. The Morgan fingerprint density at radius 3 is 3.13 bits per heavy atom. The van der Waals surface area contributed by atoms with Crippen molar-refractivity contribution in [2.45, 2.75) is 13.3 Å². The Kier molecular flexibility index (Phi) is 2.67. The Bertz CT molecular complexity index is 476. The van der Waals surface area contributed by atoms with Crippen LogP contribution < -0.4 is 4.74 Å². The number of rotatable bonds is 4. The van der Waals surface area contributed by atoms with Crippen molar-refractivity contribution >= 4 is 17.2 Å². The number of aromatic nitrogens is 2. The average molecular weight is 204 g/mol. The molecule has 0 amide bonds. The van der Waals surface area contributed by atoms with Crippen LogP contribution in [0.1, 0.15) is 23.7 Å². The highest BCUT2D eigenvalue weighted by atomic mass is 16.5. The van der Waals surface area contributed by atoms with Crippen molar-refractivity contribution in [1.29, 1.82) is 0 Å². The van der Waals surface area contributed by atoms with Crippen molar-refractivity contribution in [3.63, 3.8) is 0 Å². The maximum Gasteiger partial charge on any atom is 0.240 e. The highest BCUT2D eigenvalue weighted by Crippen LogP contribution is 2.23. The quantitative estimate of drug-likeness (QED) is 0.776. The second kappa shape index (κ2) is 4.13. The van der Waals surface area contributed by atoms with E-state index >= 15 is 0 Å². The van der Waals surface area contributed by atoms with Gasteiger partial charge in [0.1, 0.15) is 6.29 Å². The summed E-state index contributed by atoms with van der Waals surface area (Å²) in [6.45, 7) is 2.66. The van der Waals surface area contributed by atoms with Crippen LogP contribution in [0.4, 0.5) is 0 Å². The van der Waals surface area contributed by atoms with Crippen LogP contribution in [-0.2, 0) is 0 Å². The van der Waals surface area contributed by atoms with Gasteiger partial charge in [-0.25, -0.2) is 0 Å². The number of nitrogens with zero attached hydrogens (tertiary/aromatic N) is 1. The fourth-order valence-corrected chi connectivity index (χ4v) is 1.39. The molecule has 0 aliphatic carbocycles. The SMILES string of the molecule is CCCOc1n[nH]c2ccc(C=O)cc12. The van der Waals surface area contributed by atoms with Gasteiger partial charge in [0.15, 0.2) is 0 Å². The van der Waals surface area contributed by atoms with Crippen LogP contribution in [0.25, 0.3) is 10.9 Å². The second-order valence-electron chi connectivity index (χ2n) is 3.30. The van der Waals surface area contributed by atoms with Crippen LogP contribution in [0.3, 0.4) is 0 Å². The number of ether oxygens (including phenoxy) is 1. The predicted octanol–water partition coefficient (Wildman–Crippen LogP) is 2.16. The van der Waals surface area contributed by atoms with E-state index in [1.165, 1.54) is 0 Å². The highest BCUT2D eigenvalue weighted by Gasteiger charge is 2.06. The molecule has 0 fully saturated rings. The first-order valence-corrected chi connectivity index (χ1v) is 4.91. The number of hydrogen-bond acceptors (Lipinski definition) is 3. The summed E-state index contributed by atoms with van der Waals surface area (Å²) in [7, 11) is 0. The molecule has 2 aromatic rings. The average Bonchev–Trinajstić information content (AvgIpc) is 2.68. The molecule has 78 valence electrons. The van der Waals surface area contributed by atoms with E-state index in [1.54, 1.807) is 12.1 Å².